The van der Waals surface area contributed by atoms with Gasteiger partial charge >= 0.3 is 6.03 Å². The van der Waals surface area contributed by atoms with Crippen LogP contribution in [-0.4, -0.2) is 68.2 Å². The van der Waals surface area contributed by atoms with Gasteiger partial charge in [-0.2, -0.15) is 0 Å². The molecule has 5 nitrogen and oxygen atoms in total. The van der Waals surface area contributed by atoms with Crippen molar-refractivity contribution in [2.45, 2.75) is 37.8 Å². The second kappa shape index (κ2) is 6.38. The Kier molecular flexibility index (Phi) is 4.83. The van der Waals surface area contributed by atoms with E-state index in [1.54, 1.807) is 0 Å². The van der Waals surface area contributed by atoms with Gasteiger partial charge in [0.15, 0.2) is 0 Å². The number of nitrogens with one attached hydrogen (secondary N) is 2. The minimum atomic E-state index is 0.00327. The molecule has 0 aromatic rings. The fraction of sp³-hybridized carbons (Fsp3) is 0.923. The van der Waals surface area contributed by atoms with Crippen molar-refractivity contribution in [3.05, 3.63) is 0 Å². The Balaban J connectivity index is 1.67. The van der Waals surface area contributed by atoms with Gasteiger partial charge in [0.05, 0.1) is 0 Å². The van der Waals surface area contributed by atoms with E-state index in [1.165, 1.54) is 12.8 Å². The van der Waals surface area contributed by atoms with Gasteiger partial charge < -0.3 is 15.5 Å². The van der Waals surface area contributed by atoms with Crippen molar-refractivity contribution in [2.24, 2.45) is 0 Å². The summed E-state index contributed by atoms with van der Waals surface area (Å²) in [6, 6.07) is 0.832. The van der Waals surface area contributed by atoms with Crippen molar-refractivity contribution in [3.63, 3.8) is 0 Å². The number of urea groups is 1. The predicted octanol–water partition coefficient (Wildman–Crippen LogP) is 0.474. The van der Waals surface area contributed by atoms with Crippen LogP contribution in [0.5, 0.6) is 0 Å². The molecule has 1 atom stereocenters. The highest BCUT2D eigenvalue weighted by atomic mass is 16.2. The van der Waals surface area contributed by atoms with Gasteiger partial charge in [-0.25, -0.2) is 4.79 Å². The molecule has 1 aliphatic carbocycles. The van der Waals surface area contributed by atoms with Gasteiger partial charge in [-0.3, -0.25) is 4.90 Å². The molecule has 0 aromatic carbocycles. The molecule has 1 saturated heterocycles. The van der Waals surface area contributed by atoms with Gasteiger partial charge in [0.2, 0.25) is 0 Å². The van der Waals surface area contributed by atoms with Crippen LogP contribution < -0.4 is 10.6 Å². The van der Waals surface area contributed by atoms with Gasteiger partial charge in [-0.05, 0) is 26.9 Å². The molecule has 2 aliphatic rings. The molecule has 2 amide bonds. The molecule has 18 heavy (non-hydrogen) atoms. The third-order valence-corrected chi connectivity index (χ3v) is 4.17. The fourth-order valence-corrected chi connectivity index (χ4v) is 2.84. The van der Waals surface area contributed by atoms with E-state index in [0.29, 0.717) is 12.1 Å². The summed E-state index contributed by atoms with van der Waals surface area (Å²) in [6.07, 6.45) is 4.78. The number of carbonyl (C=O) groups is 1. The highest BCUT2D eigenvalue weighted by molar-refractivity contribution is 5.74. The Morgan fingerprint density at radius 2 is 1.94 bits per heavy atom. The van der Waals surface area contributed by atoms with Crippen LogP contribution in [0.3, 0.4) is 0 Å². The average Bonchev–Trinajstić information content (AvgIpc) is 2.83. The highest BCUT2D eigenvalue weighted by Crippen LogP contribution is 2.17. The molecule has 0 aromatic heterocycles. The average molecular weight is 254 g/mol. The Morgan fingerprint density at radius 3 is 2.67 bits per heavy atom. The molecule has 1 saturated carbocycles. The van der Waals surface area contributed by atoms with E-state index in [2.05, 4.69) is 34.5 Å². The number of hydrogen-bond donors (Lipinski definition) is 2. The van der Waals surface area contributed by atoms with E-state index in [9.17, 15) is 4.79 Å². The van der Waals surface area contributed by atoms with E-state index >= 15 is 0 Å². The maximum absolute atomic E-state index is 11.8. The molecule has 0 bridgehead atoms. The van der Waals surface area contributed by atoms with E-state index in [4.69, 9.17) is 0 Å². The molecule has 5 heteroatoms. The van der Waals surface area contributed by atoms with E-state index < -0.39 is 0 Å². The van der Waals surface area contributed by atoms with Gasteiger partial charge in [0, 0.05) is 38.3 Å². The first-order valence-electron chi connectivity index (χ1n) is 7.08. The smallest absolute Gasteiger partial charge is 0.315 e. The van der Waals surface area contributed by atoms with Crippen LogP contribution in [0.4, 0.5) is 4.79 Å². The van der Waals surface area contributed by atoms with Crippen molar-refractivity contribution >= 4 is 6.03 Å². The lowest BCUT2D eigenvalue weighted by Crippen LogP contribution is -2.55. The third kappa shape index (κ3) is 3.85. The monoisotopic (exact) mass is 254 g/mol. The van der Waals surface area contributed by atoms with Crippen molar-refractivity contribution in [3.8, 4) is 0 Å². The van der Waals surface area contributed by atoms with Crippen LogP contribution in [0.25, 0.3) is 0 Å². The first kappa shape index (κ1) is 13.6. The molecule has 1 aliphatic heterocycles. The number of amides is 2. The number of hydrogen-bond acceptors (Lipinski definition) is 3. The SMILES string of the molecule is CN1CCN(C)C(CNC(=O)NC2CCCC2)C1. The Bertz CT molecular complexity index is 278. The van der Waals surface area contributed by atoms with E-state index in [1.807, 2.05) is 0 Å². The number of rotatable bonds is 3. The van der Waals surface area contributed by atoms with E-state index in [-0.39, 0.29) is 6.03 Å². The lowest BCUT2D eigenvalue weighted by atomic mass is 10.2. The quantitative estimate of drug-likeness (QED) is 0.770. The van der Waals surface area contributed by atoms with Crippen molar-refractivity contribution < 1.29 is 4.79 Å². The maximum atomic E-state index is 11.8. The molecule has 0 radical (unpaired) electrons. The molecule has 0 spiro atoms. The zero-order valence-electron chi connectivity index (χ0n) is 11.6. The molecular weight excluding hydrogens is 228 g/mol. The molecule has 104 valence electrons. The van der Waals surface area contributed by atoms with Gasteiger partial charge in [-0.15, -0.1) is 0 Å². The lowest BCUT2D eigenvalue weighted by Gasteiger charge is -2.37. The van der Waals surface area contributed by atoms with Crippen LogP contribution in [0.2, 0.25) is 0 Å². The van der Waals surface area contributed by atoms with Crippen molar-refractivity contribution in [1.29, 1.82) is 0 Å². The largest absolute Gasteiger partial charge is 0.337 e. The molecular formula is C13H26N4O. The first-order chi connectivity index (χ1) is 8.65. The summed E-state index contributed by atoms with van der Waals surface area (Å²) in [6.45, 7) is 3.95. The minimum Gasteiger partial charge on any atom is -0.337 e. The van der Waals surface area contributed by atoms with Crippen LogP contribution in [0.1, 0.15) is 25.7 Å². The Labute approximate surface area is 110 Å². The van der Waals surface area contributed by atoms with Crippen LogP contribution in [-0.2, 0) is 0 Å². The molecule has 2 fully saturated rings. The normalized spacial score (nSPS) is 27.3. The summed E-state index contributed by atoms with van der Waals surface area (Å²) in [4.78, 5) is 16.4. The van der Waals surface area contributed by atoms with Gasteiger partial charge in [-0.1, -0.05) is 12.8 Å². The number of likely N-dealkylation sites (N-methyl/N-ethyl adjacent to an activating group) is 2. The fourth-order valence-electron chi connectivity index (χ4n) is 2.84. The van der Waals surface area contributed by atoms with Crippen LogP contribution >= 0.6 is 0 Å². The minimum absolute atomic E-state index is 0.00327. The van der Waals surface area contributed by atoms with Crippen molar-refractivity contribution in [2.75, 3.05) is 40.3 Å². The second-order valence-corrected chi connectivity index (χ2v) is 5.73. The number of nitrogens with zero attached hydrogens (tertiary/aromatic N) is 2. The third-order valence-electron chi connectivity index (χ3n) is 4.17. The zero-order valence-corrected chi connectivity index (χ0v) is 11.6. The zero-order chi connectivity index (χ0) is 13.0. The van der Waals surface area contributed by atoms with Gasteiger partial charge in [0.25, 0.3) is 0 Å². The highest BCUT2D eigenvalue weighted by Gasteiger charge is 2.23. The summed E-state index contributed by atoms with van der Waals surface area (Å²) in [5, 5.41) is 6.07. The molecule has 1 heterocycles. The lowest BCUT2D eigenvalue weighted by molar-refractivity contribution is 0.114. The molecule has 2 rings (SSSR count). The van der Waals surface area contributed by atoms with Crippen molar-refractivity contribution in [1.82, 2.24) is 20.4 Å². The summed E-state index contributed by atoms with van der Waals surface area (Å²) in [5.74, 6) is 0. The number of piperazine rings is 1. The van der Waals surface area contributed by atoms with E-state index in [0.717, 1.165) is 39.0 Å². The Morgan fingerprint density at radius 1 is 1.22 bits per heavy atom. The van der Waals surface area contributed by atoms with Crippen LogP contribution in [0.15, 0.2) is 0 Å². The molecule has 2 N–H and O–H groups in total. The summed E-state index contributed by atoms with van der Waals surface area (Å²) < 4.78 is 0. The predicted molar refractivity (Wildman–Crippen MR) is 72.7 cm³/mol. The number of carbonyl (C=O) groups excluding carboxylic acids is 1. The van der Waals surface area contributed by atoms with Crippen LogP contribution in [0, 0.1) is 0 Å². The summed E-state index contributed by atoms with van der Waals surface area (Å²) in [5.41, 5.74) is 0. The summed E-state index contributed by atoms with van der Waals surface area (Å²) >= 11 is 0. The second-order valence-electron chi connectivity index (χ2n) is 5.73. The Hall–Kier alpha value is -0.810. The maximum Gasteiger partial charge on any atom is 0.315 e. The topological polar surface area (TPSA) is 47.6 Å². The first-order valence-corrected chi connectivity index (χ1v) is 7.08. The molecule has 1 unspecified atom stereocenters. The summed E-state index contributed by atoms with van der Waals surface area (Å²) in [7, 11) is 4.27. The van der Waals surface area contributed by atoms with Gasteiger partial charge in [0.1, 0.15) is 0 Å². The standard InChI is InChI=1S/C13H26N4O/c1-16-7-8-17(2)12(10-16)9-14-13(18)15-11-5-3-4-6-11/h11-12H,3-10H2,1-2H3,(H2,14,15,18).